The highest BCUT2D eigenvalue weighted by Gasteiger charge is 2.27. The normalized spacial score (nSPS) is 18.3. The first-order valence-corrected chi connectivity index (χ1v) is 8.69. The SMILES string of the molecule is CCCNCc1ccc(N2CCSC(C)(C)C2)c(C)c1. The highest BCUT2D eigenvalue weighted by Crippen LogP contribution is 2.33. The Kier molecular flexibility index (Phi) is 5.39. The van der Waals surface area contributed by atoms with Gasteiger partial charge in [-0.1, -0.05) is 19.1 Å². The molecule has 1 saturated heterocycles. The van der Waals surface area contributed by atoms with Gasteiger partial charge in [-0.05, 0) is 50.9 Å². The van der Waals surface area contributed by atoms with Gasteiger partial charge in [0.25, 0.3) is 0 Å². The molecule has 1 fully saturated rings. The Morgan fingerprint density at radius 2 is 2.15 bits per heavy atom. The van der Waals surface area contributed by atoms with Crippen LogP contribution in [0.25, 0.3) is 0 Å². The highest BCUT2D eigenvalue weighted by molar-refractivity contribution is 8.00. The summed E-state index contributed by atoms with van der Waals surface area (Å²) in [4.78, 5) is 2.55. The zero-order chi connectivity index (χ0) is 14.6. The number of rotatable bonds is 5. The lowest BCUT2D eigenvalue weighted by atomic mass is 10.1. The molecule has 1 aliphatic rings. The van der Waals surface area contributed by atoms with E-state index in [2.05, 4.69) is 67.9 Å². The van der Waals surface area contributed by atoms with E-state index in [1.54, 1.807) is 0 Å². The summed E-state index contributed by atoms with van der Waals surface area (Å²) in [7, 11) is 0. The Balaban J connectivity index is 2.05. The van der Waals surface area contributed by atoms with Crippen LogP contribution in [0, 0.1) is 6.92 Å². The second-order valence-electron chi connectivity index (χ2n) is 6.33. The van der Waals surface area contributed by atoms with Crippen molar-refractivity contribution in [2.24, 2.45) is 0 Å². The lowest BCUT2D eigenvalue weighted by Gasteiger charge is -2.39. The predicted molar refractivity (Wildman–Crippen MR) is 91.9 cm³/mol. The zero-order valence-corrected chi connectivity index (χ0v) is 14.1. The third-order valence-corrected chi connectivity index (χ3v) is 5.08. The summed E-state index contributed by atoms with van der Waals surface area (Å²) in [5, 5.41) is 3.47. The summed E-state index contributed by atoms with van der Waals surface area (Å²) in [6, 6.07) is 6.93. The first-order chi connectivity index (χ1) is 9.52. The molecule has 1 N–H and O–H groups in total. The number of hydrogen-bond donors (Lipinski definition) is 1. The topological polar surface area (TPSA) is 15.3 Å². The van der Waals surface area contributed by atoms with Crippen LogP contribution >= 0.6 is 11.8 Å². The minimum atomic E-state index is 0.367. The Bertz CT molecular complexity index is 443. The Hall–Kier alpha value is -0.670. The fourth-order valence-corrected chi connectivity index (χ4v) is 3.93. The number of thioether (sulfide) groups is 1. The van der Waals surface area contributed by atoms with Crippen LogP contribution in [0.2, 0.25) is 0 Å². The fourth-order valence-electron chi connectivity index (χ4n) is 2.81. The third kappa shape index (κ3) is 4.16. The van der Waals surface area contributed by atoms with E-state index in [1.807, 2.05) is 0 Å². The van der Waals surface area contributed by atoms with E-state index in [0.29, 0.717) is 4.75 Å². The van der Waals surface area contributed by atoms with E-state index in [-0.39, 0.29) is 0 Å². The summed E-state index contributed by atoms with van der Waals surface area (Å²) in [6.45, 7) is 13.5. The van der Waals surface area contributed by atoms with Crippen molar-refractivity contribution in [3.05, 3.63) is 29.3 Å². The van der Waals surface area contributed by atoms with Crippen LogP contribution in [0.1, 0.15) is 38.3 Å². The molecule has 1 heterocycles. The number of aryl methyl sites for hydroxylation is 1. The van der Waals surface area contributed by atoms with Gasteiger partial charge in [-0.25, -0.2) is 0 Å². The quantitative estimate of drug-likeness (QED) is 0.830. The van der Waals surface area contributed by atoms with Crippen molar-refractivity contribution >= 4 is 17.4 Å². The summed E-state index contributed by atoms with van der Waals surface area (Å²) < 4.78 is 0.367. The number of nitrogens with one attached hydrogen (secondary N) is 1. The van der Waals surface area contributed by atoms with E-state index in [1.165, 1.54) is 35.5 Å². The van der Waals surface area contributed by atoms with Crippen molar-refractivity contribution in [1.82, 2.24) is 5.32 Å². The van der Waals surface area contributed by atoms with E-state index in [0.717, 1.165) is 19.6 Å². The fraction of sp³-hybridized carbons (Fsp3) is 0.647. The van der Waals surface area contributed by atoms with Crippen molar-refractivity contribution in [3.63, 3.8) is 0 Å². The second kappa shape index (κ2) is 6.86. The molecule has 3 heteroatoms. The van der Waals surface area contributed by atoms with Crippen LogP contribution in [0.4, 0.5) is 5.69 Å². The highest BCUT2D eigenvalue weighted by atomic mass is 32.2. The minimum absolute atomic E-state index is 0.367. The lowest BCUT2D eigenvalue weighted by molar-refractivity contribution is 0.646. The molecule has 20 heavy (non-hydrogen) atoms. The van der Waals surface area contributed by atoms with Gasteiger partial charge in [0, 0.05) is 35.8 Å². The number of anilines is 1. The molecule has 2 nitrogen and oxygen atoms in total. The maximum Gasteiger partial charge on any atom is 0.0396 e. The molecule has 1 aliphatic heterocycles. The first kappa shape index (κ1) is 15.7. The second-order valence-corrected chi connectivity index (χ2v) is 8.13. The molecular weight excluding hydrogens is 264 g/mol. The van der Waals surface area contributed by atoms with Crippen molar-refractivity contribution in [2.45, 2.75) is 45.4 Å². The molecule has 0 saturated carbocycles. The van der Waals surface area contributed by atoms with Crippen LogP contribution in [0.15, 0.2) is 18.2 Å². The van der Waals surface area contributed by atoms with Gasteiger partial charge >= 0.3 is 0 Å². The van der Waals surface area contributed by atoms with Crippen LogP contribution < -0.4 is 10.2 Å². The Morgan fingerprint density at radius 1 is 1.35 bits per heavy atom. The number of hydrogen-bond acceptors (Lipinski definition) is 3. The van der Waals surface area contributed by atoms with E-state index in [9.17, 15) is 0 Å². The van der Waals surface area contributed by atoms with Gasteiger partial charge < -0.3 is 10.2 Å². The molecule has 0 radical (unpaired) electrons. The molecule has 0 amide bonds. The third-order valence-electron chi connectivity index (χ3n) is 3.78. The van der Waals surface area contributed by atoms with Crippen molar-refractivity contribution in [2.75, 3.05) is 30.3 Å². The van der Waals surface area contributed by atoms with Gasteiger partial charge in [0.1, 0.15) is 0 Å². The van der Waals surface area contributed by atoms with Gasteiger partial charge in [-0.3, -0.25) is 0 Å². The minimum Gasteiger partial charge on any atom is -0.369 e. The van der Waals surface area contributed by atoms with Gasteiger partial charge in [0.15, 0.2) is 0 Å². The molecule has 1 aromatic carbocycles. The largest absolute Gasteiger partial charge is 0.369 e. The Morgan fingerprint density at radius 3 is 2.80 bits per heavy atom. The first-order valence-electron chi connectivity index (χ1n) is 7.71. The van der Waals surface area contributed by atoms with E-state index < -0.39 is 0 Å². The molecule has 0 aliphatic carbocycles. The molecule has 0 spiro atoms. The van der Waals surface area contributed by atoms with E-state index >= 15 is 0 Å². The summed E-state index contributed by atoms with van der Waals surface area (Å²) >= 11 is 2.09. The van der Waals surface area contributed by atoms with Crippen molar-refractivity contribution < 1.29 is 0 Å². The molecule has 0 bridgehead atoms. The molecule has 0 unspecified atom stereocenters. The molecule has 112 valence electrons. The maximum atomic E-state index is 3.47. The van der Waals surface area contributed by atoms with Gasteiger partial charge in [0.05, 0.1) is 0 Å². The van der Waals surface area contributed by atoms with Crippen molar-refractivity contribution in [1.29, 1.82) is 0 Å². The van der Waals surface area contributed by atoms with Crippen LogP contribution in [0.3, 0.4) is 0 Å². The zero-order valence-electron chi connectivity index (χ0n) is 13.3. The molecular formula is C17H28N2S. The Labute approximate surface area is 128 Å². The molecule has 0 atom stereocenters. The lowest BCUT2D eigenvalue weighted by Crippen LogP contribution is -2.43. The maximum absolute atomic E-state index is 3.47. The predicted octanol–water partition coefficient (Wildman–Crippen LogP) is 3.83. The molecule has 0 aromatic heterocycles. The van der Waals surface area contributed by atoms with Crippen LogP contribution in [-0.2, 0) is 6.54 Å². The standard InChI is InChI=1S/C17H28N2S/c1-5-8-18-12-15-6-7-16(14(2)11-15)19-9-10-20-17(3,4)13-19/h6-7,11,18H,5,8-10,12-13H2,1-4H3. The van der Waals surface area contributed by atoms with E-state index in [4.69, 9.17) is 0 Å². The monoisotopic (exact) mass is 292 g/mol. The van der Waals surface area contributed by atoms with Crippen LogP contribution in [0.5, 0.6) is 0 Å². The van der Waals surface area contributed by atoms with Gasteiger partial charge in [-0.15, -0.1) is 0 Å². The average Bonchev–Trinajstić information content (AvgIpc) is 2.38. The van der Waals surface area contributed by atoms with Crippen molar-refractivity contribution in [3.8, 4) is 0 Å². The average molecular weight is 292 g/mol. The van der Waals surface area contributed by atoms with Crippen LogP contribution in [-0.4, -0.2) is 30.1 Å². The van der Waals surface area contributed by atoms with Gasteiger partial charge in [0.2, 0.25) is 0 Å². The summed E-state index contributed by atoms with van der Waals surface area (Å²) in [5.74, 6) is 1.23. The van der Waals surface area contributed by atoms with Gasteiger partial charge in [-0.2, -0.15) is 11.8 Å². The summed E-state index contributed by atoms with van der Waals surface area (Å²) in [6.07, 6.45) is 1.19. The molecule has 1 aromatic rings. The number of benzene rings is 1. The summed E-state index contributed by atoms with van der Waals surface area (Å²) in [5.41, 5.74) is 4.21. The molecule has 2 rings (SSSR count). The smallest absolute Gasteiger partial charge is 0.0396 e. The number of nitrogens with zero attached hydrogens (tertiary/aromatic N) is 1.